The van der Waals surface area contributed by atoms with Crippen LogP contribution in [-0.4, -0.2) is 13.0 Å². The summed E-state index contributed by atoms with van der Waals surface area (Å²) in [5.41, 5.74) is 3.22. The molecule has 0 spiro atoms. The zero-order chi connectivity index (χ0) is 14.2. The summed E-state index contributed by atoms with van der Waals surface area (Å²) in [6.45, 7) is 1.09. The maximum Gasteiger partial charge on any atom is 0.224 e. The minimum absolute atomic E-state index is 0.0309. The summed E-state index contributed by atoms with van der Waals surface area (Å²) in [6, 6.07) is 17.7. The van der Waals surface area contributed by atoms with Gasteiger partial charge < -0.3 is 10.1 Å². The van der Waals surface area contributed by atoms with E-state index in [1.54, 1.807) is 7.11 Å². The molecule has 3 heteroatoms. The van der Waals surface area contributed by atoms with Crippen molar-refractivity contribution < 1.29 is 9.53 Å². The average Bonchev–Trinajstić information content (AvgIpc) is 2.48. The van der Waals surface area contributed by atoms with Gasteiger partial charge in [-0.1, -0.05) is 54.6 Å². The highest BCUT2D eigenvalue weighted by atomic mass is 16.5. The van der Waals surface area contributed by atoms with Crippen LogP contribution in [-0.2, 0) is 29.1 Å². The zero-order valence-electron chi connectivity index (χ0n) is 11.6. The van der Waals surface area contributed by atoms with Crippen LogP contribution >= 0.6 is 0 Å². The first kappa shape index (κ1) is 14.3. The predicted molar refractivity (Wildman–Crippen MR) is 79.1 cm³/mol. The van der Waals surface area contributed by atoms with E-state index in [-0.39, 0.29) is 5.91 Å². The quantitative estimate of drug-likeness (QED) is 0.875. The van der Waals surface area contributed by atoms with Crippen LogP contribution in [0.3, 0.4) is 0 Å². The third kappa shape index (κ3) is 4.21. The molecule has 1 N–H and O–H groups in total. The third-order valence-electron chi connectivity index (χ3n) is 3.10. The number of nitrogens with one attached hydrogen (secondary N) is 1. The first-order chi connectivity index (χ1) is 9.79. The lowest BCUT2D eigenvalue weighted by atomic mass is 10.1. The number of benzene rings is 2. The smallest absolute Gasteiger partial charge is 0.224 e. The summed E-state index contributed by atoms with van der Waals surface area (Å²) in [6.07, 6.45) is 0.410. The standard InChI is InChI=1S/C17H19NO2/c1-20-13-16-10-6-5-9-15(16)12-18-17(19)11-14-7-3-2-4-8-14/h2-10H,11-13H2,1H3,(H,18,19). The zero-order valence-corrected chi connectivity index (χ0v) is 11.6. The van der Waals surface area contributed by atoms with E-state index < -0.39 is 0 Å². The maximum atomic E-state index is 11.9. The molecule has 0 heterocycles. The lowest BCUT2D eigenvalue weighted by Gasteiger charge is -2.10. The van der Waals surface area contributed by atoms with Crippen LogP contribution in [0, 0.1) is 0 Å². The van der Waals surface area contributed by atoms with Crippen LogP contribution in [0.2, 0.25) is 0 Å². The lowest BCUT2D eigenvalue weighted by molar-refractivity contribution is -0.120. The van der Waals surface area contributed by atoms with Crippen molar-refractivity contribution in [2.75, 3.05) is 7.11 Å². The average molecular weight is 269 g/mol. The van der Waals surface area contributed by atoms with Crippen molar-refractivity contribution in [2.45, 2.75) is 19.6 Å². The Morgan fingerprint density at radius 2 is 1.65 bits per heavy atom. The van der Waals surface area contributed by atoms with Crippen LogP contribution in [0.15, 0.2) is 54.6 Å². The van der Waals surface area contributed by atoms with Gasteiger partial charge in [0.2, 0.25) is 5.91 Å². The molecule has 0 bridgehead atoms. The van der Waals surface area contributed by atoms with Crippen molar-refractivity contribution in [1.82, 2.24) is 5.32 Å². The van der Waals surface area contributed by atoms with Crippen LogP contribution in [0.25, 0.3) is 0 Å². The van der Waals surface area contributed by atoms with E-state index in [0.717, 1.165) is 16.7 Å². The second-order valence-corrected chi connectivity index (χ2v) is 4.64. The van der Waals surface area contributed by atoms with Gasteiger partial charge >= 0.3 is 0 Å². The minimum Gasteiger partial charge on any atom is -0.380 e. The monoisotopic (exact) mass is 269 g/mol. The highest BCUT2D eigenvalue weighted by Crippen LogP contribution is 2.09. The fourth-order valence-electron chi connectivity index (χ4n) is 2.06. The number of ether oxygens (including phenoxy) is 1. The number of carbonyl (C=O) groups excluding carboxylic acids is 1. The molecule has 0 atom stereocenters. The number of amides is 1. The van der Waals surface area contributed by atoms with Gasteiger partial charge in [0.25, 0.3) is 0 Å². The molecule has 2 rings (SSSR count). The lowest BCUT2D eigenvalue weighted by Crippen LogP contribution is -2.25. The first-order valence-electron chi connectivity index (χ1n) is 6.66. The Kier molecular flexibility index (Phi) is 5.33. The molecule has 2 aromatic rings. The van der Waals surface area contributed by atoms with E-state index >= 15 is 0 Å². The van der Waals surface area contributed by atoms with Gasteiger partial charge in [-0.25, -0.2) is 0 Å². The Bertz CT molecular complexity index is 552. The summed E-state index contributed by atoms with van der Waals surface area (Å²) in [4.78, 5) is 11.9. The molecule has 0 aliphatic rings. The number of rotatable bonds is 6. The van der Waals surface area contributed by atoms with Gasteiger partial charge in [0, 0.05) is 13.7 Å². The van der Waals surface area contributed by atoms with Crippen LogP contribution in [0.5, 0.6) is 0 Å². The molecule has 1 amide bonds. The molecule has 0 saturated heterocycles. The highest BCUT2D eigenvalue weighted by molar-refractivity contribution is 5.78. The molecule has 20 heavy (non-hydrogen) atoms. The van der Waals surface area contributed by atoms with Gasteiger partial charge in [-0.3, -0.25) is 4.79 Å². The summed E-state index contributed by atoms with van der Waals surface area (Å²) in [5, 5.41) is 2.95. The van der Waals surface area contributed by atoms with Gasteiger partial charge in [-0.2, -0.15) is 0 Å². The Balaban J connectivity index is 1.90. The molecule has 0 aliphatic carbocycles. The SMILES string of the molecule is COCc1ccccc1CNC(=O)Cc1ccccc1. The van der Waals surface area contributed by atoms with Crippen LogP contribution < -0.4 is 5.32 Å². The van der Waals surface area contributed by atoms with Crippen molar-refractivity contribution in [3.8, 4) is 0 Å². The van der Waals surface area contributed by atoms with Gasteiger partial charge in [0.05, 0.1) is 13.0 Å². The van der Waals surface area contributed by atoms with Gasteiger partial charge in [-0.05, 0) is 16.7 Å². The number of methoxy groups -OCH3 is 1. The van der Waals surface area contributed by atoms with Crippen molar-refractivity contribution in [3.63, 3.8) is 0 Å². The fraction of sp³-hybridized carbons (Fsp3) is 0.235. The molecule has 2 aromatic carbocycles. The molecule has 0 radical (unpaired) electrons. The predicted octanol–water partition coefficient (Wildman–Crippen LogP) is 2.69. The van der Waals surface area contributed by atoms with Crippen molar-refractivity contribution in [2.24, 2.45) is 0 Å². The molecular weight excluding hydrogens is 250 g/mol. The Labute approximate surface area is 119 Å². The summed E-state index contributed by atoms with van der Waals surface area (Å²) < 4.78 is 5.16. The first-order valence-corrected chi connectivity index (χ1v) is 6.66. The molecule has 0 aliphatic heterocycles. The minimum atomic E-state index is 0.0309. The van der Waals surface area contributed by atoms with Crippen molar-refractivity contribution in [1.29, 1.82) is 0 Å². The van der Waals surface area contributed by atoms with E-state index in [2.05, 4.69) is 5.32 Å². The summed E-state index contributed by atoms with van der Waals surface area (Å²) in [5.74, 6) is 0.0309. The Morgan fingerprint density at radius 1 is 1.00 bits per heavy atom. The maximum absolute atomic E-state index is 11.9. The molecule has 0 unspecified atom stereocenters. The second-order valence-electron chi connectivity index (χ2n) is 4.64. The summed E-state index contributed by atoms with van der Waals surface area (Å²) >= 11 is 0. The normalized spacial score (nSPS) is 10.2. The van der Waals surface area contributed by atoms with Gasteiger partial charge in [0.15, 0.2) is 0 Å². The second kappa shape index (κ2) is 7.46. The fourth-order valence-corrected chi connectivity index (χ4v) is 2.06. The molecule has 104 valence electrons. The van der Waals surface area contributed by atoms with Crippen LogP contribution in [0.1, 0.15) is 16.7 Å². The topological polar surface area (TPSA) is 38.3 Å². The third-order valence-corrected chi connectivity index (χ3v) is 3.10. The summed E-state index contributed by atoms with van der Waals surface area (Å²) in [7, 11) is 1.67. The molecule has 0 fully saturated rings. The van der Waals surface area contributed by atoms with Gasteiger partial charge in [0.1, 0.15) is 0 Å². The Hall–Kier alpha value is -2.13. The van der Waals surface area contributed by atoms with E-state index in [0.29, 0.717) is 19.6 Å². The number of carbonyl (C=O) groups is 1. The van der Waals surface area contributed by atoms with Crippen LogP contribution in [0.4, 0.5) is 0 Å². The number of hydrogen-bond acceptors (Lipinski definition) is 2. The van der Waals surface area contributed by atoms with Gasteiger partial charge in [-0.15, -0.1) is 0 Å². The highest BCUT2D eigenvalue weighted by Gasteiger charge is 2.05. The van der Waals surface area contributed by atoms with Crippen molar-refractivity contribution >= 4 is 5.91 Å². The van der Waals surface area contributed by atoms with E-state index in [9.17, 15) is 4.79 Å². The Morgan fingerprint density at radius 3 is 2.35 bits per heavy atom. The van der Waals surface area contributed by atoms with Crippen molar-refractivity contribution in [3.05, 3.63) is 71.3 Å². The molecule has 0 saturated carbocycles. The van der Waals surface area contributed by atoms with E-state index in [1.807, 2.05) is 54.6 Å². The molecular formula is C17H19NO2. The molecule has 0 aromatic heterocycles. The largest absolute Gasteiger partial charge is 0.380 e. The van der Waals surface area contributed by atoms with E-state index in [1.165, 1.54) is 0 Å². The van der Waals surface area contributed by atoms with E-state index in [4.69, 9.17) is 4.74 Å². The number of hydrogen-bond donors (Lipinski definition) is 1. The molecule has 3 nitrogen and oxygen atoms in total.